The highest BCUT2D eigenvalue weighted by atomic mass is 14.1. The highest BCUT2D eigenvalue weighted by molar-refractivity contribution is 5.21. The molecule has 0 bridgehead atoms. The lowest BCUT2D eigenvalue weighted by atomic mass is 9.94. The number of allylic oxidation sites excluding steroid dienone is 4. The predicted octanol–water partition coefficient (Wildman–Crippen LogP) is 3.31. The Morgan fingerprint density at radius 2 is 2.50 bits per heavy atom. The molecule has 1 rings (SSSR count). The van der Waals surface area contributed by atoms with Crippen molar-refractivity contribution >= 4 is 0 Å². The molecule has 0 aromatic rings. The Labute approximate surface area is 63.6 Å². The zero-order valence-electron chi connectivity index (χ0n) is 6.93. The van der Waals surface area contributed by atoms with Crippen LogP contribution >= 0.6 is 0 Å². The lowest BCUT2D eigenvalue weighted by molar-refractivity contribution is 0.630. The SMILES string of the molecule is CC/C=C1/C=C[C@@H](C)CC1. The van der Waals surface area contributed by atoms with E-state index in [1.165, 1.54) is 24.8 Å². The van der Waals surface area contributed by atoms with Crippen molar-refractivity contribution in [3.8, 4) is 0 Å². The second-order valence-corrected chi connectivity index (χ2v) is 3.06. The third-order valence-electron chi connectivity index (χ3n) is 1.99. The van der Waals surface area contributed by atoms with E-state index in [1.807, 2.05) is 0 Å². The fraction of sp³-hybridized carbons (Fsp3) is 0.600. The molecule has 0 amide bonds. The largest absolute Gasteiger partial charge is 0.0816 e. The first-order chi connectivity index (χ1) is 4.83. The van der Waals surface area contributed by atoms with Gasteiger partial charge in [-0.2, -0.15) is 0 Å². The summed E-state index contributed by atoms with van der Waals surface area (Å²) in [4.78, 5) is 0. The Morgan fingerprint density at radius 3 is 3.00 bits per heavy atom. The number of hydrogen-bond donors (Lipinski definition) is 0. The summed E-state index contributed by atoms with van der Waals surface area (Å²) in [5.41, 5.74) is 1.53. The van der Waals surface area contributed by atoms with Crippen LogP contribution in [0.15, 0.2) is 23.8 Å². The minimum atomic E-state index is 0.800. The Kier molecular flexibility index (Phi) is 2.73. The molecule has 56 valence electrons. The van der Waals surface area contributed by atoms with Gasteiger partial charge in [-0.1, -0.05) is 37.6 Å². The fourth-order valence-corrected chi connectivity index (χ4v) is 1.29. The molecule has 0 fully saturated rings. The van der Waals surface area contributed by atoms with Crippen LogP contribution in [0.3, 0.4) is 0 Å². The van der Waals surface area contributed by atoms with Crippen molar-refractivity contribution in [3.63, 3.8) is 0 Å². The van der Waals surface area contributed by atoms with E-state index >= 15 is 0 Å². The summed E-state index contributed by atoms with van der Waals surface area (Å²) in [6, 6.07) is 0. The number of rotatable bonds is 1. The maximum atomic E-state index is 2.32. The van der Waals surface area contributed by atoms with Crippen LogP contribution in [0.1, 0.15) is 33.1 Å². The van der Waals surface area contributed by atoms with Crippen LogP contribution < -0.4 is 0 Å². The van der Waals surface area contributed by atoms with Gasteiger partial charge in [0.15, 0.2) is 0 Å². The summed E-state index contributed by atoms with van der Waals surface area (Å²) < 4.78 is 0. The van der Waals surface area contributed by atoms with Gasteiger partial charge in [0.2, 0.25) is 0 Å². The third kappa shape index (κ3) is 2.02. The van der Waals surface area contributed by atoms with Crippen molar-refractivity contribution in [1.29, 1.82) is 0 Å². The molecular weight excluding hydrogens is 120 g/mol. The maximum absolute atomic E-state index is 2.32. The molecule has 1 aliphatic carbocycles. The van der Waals surface area contributed by atoms with Crippen LogP contribution in [0, 0.1) is 5.92 Å². The molecule has 0 saturated heterocycles. The Bertz CT molecular complexity index is 151. The summed E-state index contributed by atoms with van der Waals surface area (Å²) in [6.45, 7) is 4.47. The third-order valence-corrected chi connectivity index (χ3v) is 1.99. The molecule has 0 spiro atoms. The number of hydrogen-bond acceptors (Lipinski definition) is 0. The molecule has 0 N–H and O–H groups in total. The van der Waals surface area contributed by atoms with E-state index in [4.69, 9.17) is 0 Å². The average Bonchev–Trinajstić information content (AvgIpc) is 1.95. The van der Waals surface area contributed by atoms with E-state index in [0.717, 1.165) is 5.92 Å². The molecule has 0 aliphatic heterocycles. The highest BCUT2D eigenvalue weighted by Crippen LogP contribution is 2.20. The van der Waals surface area contributed by atoms with Gasteiger partial charge in [0.05, 0.1) is 0 Å². The molecule has 0 aromatic heterocycles. The zero-order chi connectivity index (χ0) is 7.40. The van der Waals surface area contributed by atoms with Gasteiger partial charge >= 0.3 is 0 Å². The van der Waals surface area contributed by atoms with Crippen molar-refractivity contribution in [2.45, 2.75) is 33.1 Å². The van der Waals surface area contributed by atoms with Gasteiger partial charge in [-0.05, 0) is 25.2 Å². The molecule has 1 aliphatic rings. The standard InChI is InChI=1S/C10H16/c1-3-4-10-7-5-9(2)6-8-10/h4-5,7,9H,3,6,8H2,1-2H3/b10-4-/t9-/m1/s1. The van der Waals surface area contributed by atoms with E-state index in [-0.39, 0.29) is 0 Å². The first kappa shape index (κ1) is 7.59. The van der Waals surface area contributed by atoms with Crippen LogP contribution in [0.2, 0.25) is 0 Å². The highest BCUT2D eigenvalue weighted by Gasteiger charge is 2.04. The molecule has 0 aromatic carbocycles. The Hall–Kier alpha value is -0.520. The molecule has 0 heteroatoms. The minimum absolute atomic E-state index is 0.800. The second kappa shape index (κ2) is 3.60. The lowest BCUT2D eigenvalue weighted by Gasteiger charge is -2.12. The monoisotopic (exact) mass is 136 g/mol. The molecular formula is C10H16. The van der Waals surface area contributed by atoms with Gasteiger partial charge in [0.25, 0.3) is 0 Å². The van der Waals surface area contributed by atoms with Crippen molar-refractivity contribution < 1.29 is 0 Å². The molecule has 10 heavy (non-hydrogen) atoms. The van der Waals surface area contributed by atoms with Gasteiger partial charge in [0.1, 0.15) is 0 Å². The van der Waals surface area contributed by atoms with Crippen LogP contribution in [-0.4, -0.2) is 0 Å². The molecule has 0 unspecified atom stereocenters. The zero-order valence-corrected chi connectivity index (χ0v) is 6.93. The van der Waals surface area contributed by atoms with Crippen molar-refractivity contribution in [2.75, 3.05) is 0 Å². The molecule has 0 radical (unpaired) electrons. The van der Waals surface area contributed by atoms with Crippen molar-refractivity contribution in [2.24, 2.45) is 5.92 Å². The molecule has 0 heterocycles. The van der Waals surface area contributed by atoms with E-state index in [2.05, 4.69) is 32.1 Å². The molecule has 1 atom stereocenters. The van der Waals surface area contributed by atoms with Gasteiger partial charge in [-0.15, -0.1) is 0 Å². The summed E-state index contributed by atoms with van der Waals surface area (Å²) >= 11 is 0. The predicted molar refractivity (Wildman–Crippen MR) is 45.9 cm³/mol. The quantitative estimate of drug-likeness (QED) is 0.518. The van der Waals surface area contributed by atoms with Crippen LogP contribution in [-0.2, 0) is 0 Å². The minimum Gasteiger partial charge on any atom is -0.0816 e. The van der Waals surface area contributed by atoms with E-state index in [1.54, 1.807) is 0 Å². The first-order valence-electron chi connectivity index (χ1n) is 4.20. The van der Waals surface area contributed by atoms with Crippen molar-refractivity contribution in [3.05, 3.63) is 23.8 Å². The lowest BCUT2D eigenvalue weighted by Crippen LogP contribution is -1.96. The van der Waals surface area contributed by atoms with E-state index in [0.29, 0.717) is 0 Å². The topological polar surface area (TPSA) is 0 Å². The normalized spacial score (nSPS) is 29.4. The van der Waals surface area contributed by atoms with Gasteiger partial charge in [-0.25, -0.2) is 0 Å². The Balaban J connectivity index is 2.52. The van der Waals surface area contributed by atoms with Gasteiger partial charge < -0.3 is 0 Å². The Morgan fingerprint density at radius 1 is 1.70 bits per heavy atom. The maximum Gasteiger partial charge on any atom is -0.0256 e. The first-order valence-corrected chi connectivity index (χ1v) is 4.20. The second-order valence-electron chi connectivity index (χ2n) is 3.06. The summed E-state index contributed by atoms with van der Waals surface area (Å²) in [6.07, 6.45) is 10.7. The van der Waals surface area contributed by atoms with E-state index in [9.17, 15) is 0 Å². The molecule has 0 saturated carbocycles. The fourth-order valence-electron chi connectivity index (χ4n) is 1.29. The van der Waals surface area contributed by atoms with Gasteiger partial charge in [-0.3, -0.25) is 0 Å². The average molecular weight is 136 g/mol. The van der Waals surface area contributed by atoms with Crippen LogP contribution in [0.25, 0.3) is 0 Å². The smallest absolute Gasteiger partial charge is 0.0256 e. The molecule has 0 nitrogen and oxygen atoms in total. The van der Waals surface area contributed by atoms with Crippen molar-refractivity contribution in [1.82, 2.24) is 0 Å². The summed E-state index contributed by atoms with van der Waals surface area (Å²) in [5.74, 6) is 0.800. The summed E-state index contributed by atoms with van der Waals surface area (Å²) in [7, 11) is 0. The van der Waals surface area contributed by atoms with E-state index < -0.39 is 0 Å². The summed E-state index contributed by atoms with van der Waals surface area (Å²) in [5, 5.41) is 0. The van der Waals surface area contributed by atoms with Gasteiger partial charge in [0, 0.05) is 0 Å². The van der Waals surface area contributed by atoms with Crippen LogP contribution in [0.5, 0.6) is 0 Å². The van der Waals surface area contributed by atoms with Crippen LogP contribution in [0.4, 0.5) is 0 Å².